The summed E-state index contributed by atoms with van der Waals surface area (Å²) >= 11 is 0. The Morgan fingerprint density at radius 3 is 2.48 bits per heavy atom. The molecular weight excluding hydrogens is 310 g/mol. The summed E-state index contributed by atoms with van der Waals surface area (Å²) in [6.45, 7) is 2.04. The standard InChI is InChI=1S/C18H21NO3S/c1-18(20)12-13-19(17-10-6-5-9-16(17)18)23(21,22)14-11-15-7-3-2-4-8-15/h2-10,20H,11-14H2,1H3. The lowest BCUT2D eigenvalue weighted by molar-refractivity contribution is 0.0472. The van der Waals surface area contributed by atoms with E-state index in [9.17, 15) is 13.5 Å². The van der Waals surface area contributed by atoms with Gasteiger partial charge in [-0.3, -0.25) is 4.31 Å². The van der Waals surface area contributed by atoms with Crippen LogP contribution in [0.4, 0.5) is 5.69 Å². The van der Waals surface area contributed by atoms with E-state index < -0.39 is 15.6 Å². The van der Waals surface area contributed by atoms with Gasteiger partial charge < -0.3 is 5.11 Å². The van der Waals surface area contributed by atoms with E-state index in [0.717, 1.165) is 5.56 Å². The normalized spacial score (nSPS) is 21.0. The molecule has 122 valence electrons. The number of benzene rings is 2. The van der Waals surface area contributed by atoms with Gasteiger partial charge in [0.25, 0.3) is 0 Å². The third kappa shape index (κ3) is 3.26. The predicted molar refractivity (Wildman–Crippen MR) is 91.9 cm³/mol. The number of anilines is 1. The summed E-state index contributed by atoms with van der Waals surface area (Å²) in [7, 11) is -3.42. The molecule has 0 aromatic heterocycles. The predicted octanol–water partition coefficient (Wildman–Crippen LogP) is 2.68. The van der Waals surface area contributed by atoms with Crippen LogP contribution in [0.1, 0.15) is 24.5 Å². The molecule has 1 aliphatic rings. The van der Waals surface area contributed by atoms with Gasteiger partial charge in [-0.15, -0.1) is 0 Å². The van der Waals surface area contributed by atoms with Crippen molar-refractivity contribution in [1.82, 2.24) is 0 Å². The Labute approximate surface area is 137 Å². The second-order valence-corrected chi connectivity index (χ2v) is 8.18. The lowest BCUT2D eigenvalue weighted by atomic mass is 9.88. The highest BCUT2D eigenvalue weighted by molar-refractivity contribution is 7.92. The van der Waals surface area contributed by atoms with Crippen LogP contribution < -0.4 is 4.31 Å². The maximum atomic E-state index is 12.8. The molecule has 4 nitrogen and oxygen atoms in total. The van der Waals surface area contributed by atoms with Crippen molar-refractivity contribution in [2.24, 2.45) is 0 Å². The Morgan fingerprint density at radius 2 is 1.74 bits per heavy atom. The third-order valence-electron chi connectivity index (χ3n) is 4.38. The summed E-state index contributed by atoms with van der Waals surface area (Å²) in [5, 5.41) is 10.5. The van der Waals surface area contributed by atoms with Crippen LogP contribution in [0.15, 0.2) is 54.6 Å². The zero-order valence-electron chi connectivity index (χ0n) is 13.1. The van der Waals surface area contributed by atoms with Crippen molar-refractivity contribution >= 4 is 15.7 Å². The molecule has 1 unspecified atom stereocenters. The summed E-state index contributed by atoms with van der Waals surface area (Å²) in [5.41, 5.74) is 1.29. The Balaban J connectivity index is 1.86. The van der Waals surface area contributed by atoms with Crippen LogP contribution >= 0.6 is 0 Å². The molecule has 1 heterocycles. The molecule has 0 spiro atoms. The van der Waals surface area contributed by atoms with Crippen LogP contribution in [0.3, 0.4) is 0 Å². The van der Waals surface area contributed by atoms with Crippen molar-refractivity contribution in [2.45, 2.75) is 25.4 Å². The molecule has 23 heavy (non-hydrogen) atoms. The average molecular weight is 331 g/mol. The molecule has 5 heteroatoms. The van der Waals surface area contributed by atoms with Crippen LogP contribution in [-0.4, -0.2) is 25.8 Å². The van der Waals surface area contributed by atoms with Gasteiger partial charge in [0, 0.05) is 12.1 Å². The second kappa shape index (κ2) is 5.98. The number of hydrogen-bond acceptors (Lipinski definition) is 3. The minimum atomic E-state index is -3.42. The van der Waals surface area contributed by atoms with Crippen LogP contribution in [-0.2, 0) is 22.0 Å². The van der Waals surface area contributed by atoms with E-state index in [2.05, 4.69) is 0 Å². The molecular formula is C18H21NO3S. The molecule has 0 fully saturated rings. The summed E-state index contributed by atoms with van der Waals surface area (Å²) in [5.74, 6) is 0.0630. The van der Waals surface area contributed by atoms with Gasteiger partial charge in [0.2, 0.25) is 10.0 Å². The summed E-state index contributed by atoms with van der Waals surface area (Å²) in [6, 6.07) is 16.8. The molecule has 0 amide bonds. The van der Waals surface area contributed by atoms with E-state index in [0.29, 0.717) is 30.6 Å². The first-order valence-electron chi connectivity index (χ1n) is 7.76. The number of sulfonamides is 1. The molecule has 3 rings (SSSR count). The first-order valence-corrected chi connectivity index (χ1v) is 9.37. The van der Waals surface area contributed by atoms with Gasteiger partial charge in [-0.25, -0.2) is 8.42 Å². The highest BCUT2D eigenvalue weighted by atomic mass is 32.2. The first-order chi connectivity index (χ1) is 10.9. The van der Waals surface area contributed by atoms with Crippen LogP contribution in [0.2, 0.25) is 0 Å². The van der Waals surface area contributed by atoms with Gasteiger partial charge in [-0.2, -0.15) is 0 Å². The van der Waals surface area contributed by atoms with Gasteiger partial charge in [0.15, 0.2) is 0 Å². The number of rotatable bonds is 4. The summed E-state index contributed by atoms with van der Waals surface area (Å²) in [6.07, 6.45) is 0.882. The van der Waals surface area contributed by atoms with Crippen LogP contribution in [0.25, 0.3) is 0 Å². The average Bonchev–Trinajstić information content (AvgIpc) is 2.54. The van der Waals surface area contributed by atoms with Gasteiger partial charge >= 0.3 is 0 Å². The minimum absolute atomic E-state index is 0.0630. The smallest absolute Gasteiger partial charge is 0.235 e. The van der Waals surface area contributed by atoms with E-state index in [-0.39, 0.29) is 5.75 Å². The van der Waals surface area contributed by atoms with Crippen LogP contribution in [0.5, 0.6) is 0 Å². The Hall–Kier alpha value is -1.85. The van der Waals surface area contributed by atoms with Crippen molar-refractivity contribution in [3.8, 4) is 0 Å². The van der Waals surface area contributed by atoms with Crippen LogP contribution in [0, 0.1) is 0 Å². The number of fused-ring (bicyclic) bond motifs is 1. The van der Waals surface area contributed by atoms with Crippen molar-refractivity contribution < 1.29 is 13.5 Å². The number of aryl methyl sites for hydroxylation is 1. The highest BCUT2D eigenvalue weighted by Gasteiger charge is 2.37. The molecule has 0 radical (unpaired) electrons. The van der Waals surface area contributed by atoms with Crippen molar-refractivity contribution in [1.29, 1.82) is 0 Å². The number of hydrogen-bond donors (Lipinski definition) is 1. The van der Waals surface area contributed by atoms with Gasteiger partial charge in [0.05, 0.1) is 17.0 Å². The summed E-state index contributed by atoms with van der Waals surface area (Å²) < 4.78 is 27.0. The topological polar surface area (TPSA) is 57.6 Å². The second-order valence-electron chi connectivity index (χ2n) is 6.16. The molecule has 0 saturated carbocycles. The fourth-order valence-corrected chi connectivity index (χ4v) is 4.55. The molecule has 1 N–H and O–H groups in total. The molecule has 2 aromatic carbocycles. The molecule has 1 atom stereocenters. The van der Waals surface area contributed by atoms with E-state index in [1.54, 1.807) is 25.1 Å². The number of para-hydroxylation sites is 1. The molecule has 2 aromatic rings. The van der Waals surface area contributed by atoms with Crippen molar-refractivity contribution in [3.05, 3.63) is 65.7 Å². The van der Waals surface area contributed by atoms with Crippen molar-refractivity contribution in [2.75, 3.05) is 16.6 Å². The maximum Gasteiger partial charge on any atom is 0.235 e. The monoisotopic (exact) mass is 331 g/mol. The quantitative estimate of drug-likeness (QED) is 0.937. The SMILES string of the molecule is CC1(O)CCN(S(=O)(=O)CCc2ccccc2)c2ccccc21. The fraction of sp³-hybridized carbons (Fsp3) is 0.333. The van der Waals surface area contributed by atoms with Gasteiger partial charge in [-0.05, 0) is 31.4 Å². The zero-order valence-corrected chi connectivity index (χ0v) is 14.0. The minimum Gasteiger partial charge on any atom is -0.385 e. The van der Waals surface area contributed by atoms with E-state index in [4.69, 9.17) is 0 Å². The van der Waals surface area contributed by atoms with E-state index in [1.165, 1.54) is 4.31 Å². The Morgan fingerprint density at radius 1 is 1.09 bits per heavy atom. The Kier molecular flexibility index (Phi) is 4.17. The third-order valence-corrected chi connectivity index (χ3v) is 6.15. The van der Waals surface area contributed by atoms with E-state index >= 15 is 0 Å². The lowest BCUT2D eigenvalue weighted by Gasteiger charge is -2.38. The molecule has 0 saturated heterocycles. The van der Waals surface area contributed by atoms with Gasteiger partial charge in [0.1, 0.15) is 0 Å². The Bertz CT molecular complexity index is 785. The number of aliphatic hydroxyl groups is 1. The highest BCUT2D eigenvalue weighted by Crippen LogP contribution is 2.39. The summed E-state index contributed by atoms with van der Waals surface area (Å²) in [4.78, 5) is 0. The molecule has 0 aliphatic carbocycles. The lowest BCUT2D eigenvalue weighted by Crippen LogP contribution is -2.43. The first kappa shape index (κ1) is 16.0. The molecule has 1 aliphatic heterocycles. The number of nitrogens with zero attached hydrogens (tertiary/aromatic N) is 1. The van der Waals surface area contributed by atoms with Crippen molar-refractivity contribution in [3.63, 3.8) is 0 Å². The molecule has 0 bridgehead atoms. The maximum absolute atomic E-state index is 12.8. The fourth-order valence-electron chi connectivity index (χ4n) is 3.01. The largest absolute Gasteiger partial charge is 0.385 e. The van der Waals surface area contributed by atoms with E-state index in [1.807, 2.05) is 36.4 Å². The zero-order chi connectivity index (χ0) is 16.5. The van der Waals surface area contributed by atoms with Gasteiger partial charge in [-0.1, -0.05) is 48.5 Å².